The van der Waals surface area contributed by atoms with Gasteiger partial charge in [0.05, 0.1) is 33.2 Å². The van der Waals surface area contributed by atoms with Crippen LogP contribution < -0.4 is 25.8 Å². The van der Waals surface area contributed by atoms with Crippen molar-refractivity contribution in [2.75, 3.05) is 41.3 Å². The van der Waals surface area contributed by atoms with Crippen molar-refractivity contribution in [3.63, 3.8) is 0 Å². The number of hydrogen-bond donors (Lipinski definition) is 4. The lowest BCUT2D eigenvalue weighted by molar-refractivity contribution is -0.119. The van der Waals surface area contributed by atoms with E-state index in [9.17, 15) is 19.5 Å². The predicted molar refractivity (Wildman–Crippen MR) is 144 cm³/mol. The monoisotopic (exact) mass is 549 g/mol. The Morgan fingerprint density at radius 2 is 2.03 bits per heavy atom. The molecular formula is C25H32ClN5O5S. The number of aliphatic hydroxyl groups is 1. The van der Waals surface area contributed by atoms with E-state index < -0.39 is 12.5 Å². The number of carbonyl (C=O) groups excluding carboxylic acids is 3. The Labute approximate surface area is 224 Å². The first-order valence-electron chi connectivity index (χ1n) is 12.3. The molecule has 0 spiro atoms. The molecule has 37 heavy (non-hydrogen) atoms. The number of nitrogens with zero attached hydrogens (tertiary/aromatic N) is 2. The molecule has 2 aliphatic rings. The normalized spacial score (nSPS) is 21.2. The lowest BCUT2D eigenvalue weighted by Gasteiger charge is -2.26. The summed E-state index contributed by atoms with van der Waals surface area (Å²) in [5.41, 5.74) is 2.17. The molecule has 0 saturated carbocycles. The molecule has 2 saturated heterocycles. The van der Waals surface area contributed by atoms with Crippen molar-refractivity contribution in [1.82, 2.24) is 10.6 Å². The Balaban J connectivity index is 1.46. The maximum atomic E-state index is 12.5. The van der Waals surface area contributed by atoms with Crippen LogP contribution in [0.25, 0.3) is 0 Å². The average molecular weight is 550 g/mol. The molecule has 2 aliphatic heterocycles. The van der Waals surface area contributed by atoms with E-state index in [1.165, 1.54) is 18.3 Å². The zero-order valence-electron chi connectivity index (χ0n) is 20.8. The quantitative estimate of drug-likeness (QED) is 0.379. The molecule has 4 rings (SSSR count). The van der Waals surface area contributed by atoms with Crippen molar-refractivity contribution in [3.05, 3.63) is 39.5 Å². The highest BCUT2D eigenvalue weighted by molar-refractivity contribution is 7.18. The Bertz CT molecular complexity index is 1140. The van der Waals surface area contributed by atoms with Crippen LogP contribution >= 0.6 is 22.9 Å². The van der Waals surface area contributed by atoms with Crippen molar-refractivity contribution in [2.45, 2.75) is 51.7 Å². The van der Waals surface area contributed by atoms with Crippen LogP contribution in [0.4, 0.5) is 17.1 Å². The molecule has 4 N–H and O–H groups in total. The standard InChI is InChI=1S/C25H32ClN5O5S/c1-3-4-23(33)29-19-11-17(5-6-20(19)30-10-9-16(13-30)28-15(2)32)31-14-18(36-25(31)35)12-27-24(34)21-7-8-22(26)37-21/h5-8,11,16,18,25,35H,3-4,9-10,12-14H2,1-2H3,(H,27,34)(H,28,32)(H,29,33). The van der Waals surface area contributed by atoms with E-state index in [0.29, 0.717) is 40.1 Å². The van der Waals surface area contributed by atoms with Crippen molar-refractivity contribution in [3.8, 4) is 0 Å². The fourth-order valence-corrected chi connectivity index (χ4v) is 5.54. The Morgan fingerprint density at radius 3 is 2.73 bits per heavy atom. The van der Waals surface area contributed by atoms with Crippen LogP contribution in [-0.2, 0) is 14.3 Å². The van der Waals surface area contributed by atoms with Gasteiger partial charge in [0, 0.05) is 44.7 Å². The molecule has 2 fully saturated rings. The van der Waals surface area contributed by atoms with Gasteiger partial charge in [-0.1, -0.05) is 18.5 Å². The molecule has 3 atom stereocenters. The van der Waals surface area contributed by atoms with Gasteiger partial charge in [-0.2, -0.15) is 0 Å². The molecule has 3 unspecified atom stereocenters. The third kappa shape index (κ3) is 6.92. The minimum atomic E-state index is -1.20. The highest BCUT2D eigenvalue weighted by Crippen LogP contribution is 2.35. The highest BCUT2D eigenvalue weighted by atomic mass is 35.5. The smallest absolute Gasteiger partial charge is 0.261 e. The van der Waals surface area contributed by atoms with Gasteiger partial charge < -0.3 is 35.6 Å². The molecule has 1 aromatic carbocycles. The summed E-state index contributed by atoms with van der Waals surface area (Å²) in [6.07, 6.45) is 0.306. The Morgan fingerprint density at radius 1 is 1.22 bits per heavy atom. The van der Waals surface area contributed by atoms with E-state index in [1.807, 2.05) is 25.1 Å². The highest BCUT2D eigenvalue weighted by Gasteiger charge is 2.33. The number of ether oxygens (including phenoxy) is 1. The topological polar surface area (TPSA) is 123 Å². The van der Waals surface area contributed by atoms with E-state index >= 15 is 0 Å². The summed E-state index contributed by atoms with van der Waals surface area (Å²) in [5, 5.41) is 19.4. The molecule has 1 aromatic heterocycles. The SMILES string of the molecule is CCCC(=O)Nc1cc(N2CC(CNC(=O)c3ccc(Cl)s3)OC2O)ccc1N1CCC(NC(C)=O)C1. The Hall–Kier alpha value is -2.86. The van der Waals surface area contributed by atoms with Gasteiger partial charge >= 0.3 is 0 Å². The van der Waals surface area contributed by atoms with Crippen molar-refractivity contribution >= 4 is 57.7 Å². The minimum Gasteiger partial charge on any atom is -0.368 e. The van der Waals surface area contributed by atoms with Gasteiger partial charge in [0.1, 0.15) is 0 Å². The summed E-state index contributed by atoms with van der Waals surface area (Å²) in [6, 6.07) is 8.99. The number of amides is 3. The van der Waals surface area contributed by atoms with Crippen molar-refractivity contribution in [1.29, 1.82) is 0 Å². The Kier molecular flexibility index (Phi) is 8.91. The molecule has 10 nitrogen and oxygen atoms in total. The molecule has 2 aromatic rings. The second-order valence-corrected chi connectivity index (χ2v) is 10.9. The molecule has 200 valence electrons. The number of rotatable bonds is 9. The summed E-state index contributed by atoms with van der Waals surface area (Å²) < 4.78 is 6.20. The number of aliphatic hydroxyl groups excluding tert-OH is 1. The first-order valence-corrected chi connectivity index (χ1v) is 13.5. The molecule has 12 heteroatoms. The second-order valence-electron chi connectivity index (χ2n) is 9.18. The summed E-state index contributed by atoms with van der Waals surface area (Å²) >= 11 is 7.10. The summed E-state index contributed by atoms with van der Waals surface area (Å²) in [7, 11) is 0. The van der Waals surface area contributed by atoms with Gasteiger partial charge in [0.2, 0.25) is 18.2 Å². The van der Waals surface area contributed by atoms with Gasteiger partial charge in [-0.15, -0.1) is 11.3 Å². The third-order valence-electron chi connectivity index (χ3n) is 6.27. The molecule has 3 amide bonds. The minimum absolute atomic E-state index is 0.0475. The molecular weight excluding hydrogens is 518 g/mol. The van der Waals surface area contributed by atoms with Crippen LogP contribution in [0.15, 0.2) is 30.3 Å². The lowest BCUT2D eigenvalue weighted by Crippen LogP contribution is -2.35. The maximum Gasteiger partial charge on any atom is 0.261 e. The molecule has 3 heterocycles. The molecule has 0 bridgehead atoms. The zero-order valence-corrected chi connectivity index (χ0v) is 22.4. The largest absolute Gasteiger partial charge is 0.368 e. The zero-order chi connectivity index (χ0) is 26.5. The lowest BCUT2D eigenvalue weighted by atomic mass is 10.2. The fourth-order valence-electron chi connectivity index (χ4n) is 4.58. The fraction of sp³-hybridized carbons (Fsp3) is 0.480. The van der Waals surface area contributed by atoms with Crippen molar-refractivity contribution < 1.29 is 24.2 Å². The van der Waals surface area contributed by atoms with Crippen LogP contribution in [0, 0.1) is 0 Å². The third-order valence-corrected chi connectivity index (χ3v) is 7.50. The number of nitrogens with one attached hydrogen (secondary N) is 3. The van der Waals surface area contributed by atoms with Gasteiger partial charge in [-0.3, -0.25) is 14.4 Å². The number of carbonyl (C=O) groups is 3. The number of halogens is 1. The van der Waals surface area contributed by atoms with E-state index in [-0.39, 0.29) is 30.3 Å². The number of hydrogen-bond acceptors (Lipinski definition) is 8. The number of thiophene rings is 1. The maximum absolute atomic E-state index is 12.5. The first kappa shape index (κ1) is 27.2. The van der Waals surface area contributed by atoms with Gasteiger partial charge in [-0.05, 0) is 43.2 Å². The first-order chi connectivity index (χ1) is 17.7. The van der Waals surface area contributed by atoms with Crippen LogP contribution in [0.5, 0.6) is 0 Å². The van der Waals surface area contributed by atoms with Gasteiger partial charge in [-0.25, -0.2) is 0 Å². The number of anilines is 3. The van der Waals surface area contributed by atoms with Crippen LogP contribution in [0.3, 0.4) is 0 Å². The average Bonchev–Trinajstić information content (AvgIpc) is 3.57. The van der Waals surface area contributed by atoms with E-state index in [1.54, 1.807) is 17.0 Å². The second kappa shape index (κ2) is 12.1. The van der Waals surface area contributed by atoms with E-state index in [2.05, 4.69) is 20.9 Å². The number of benzene rings is 1. The van der Waals surface area contributed by atoms with Gasteiger partial charge in [0.25, 0.3) is 5.91 Å². The van der Waals surface area contributed by atoms with Crippen LogP contribution in [0.1, 0.15) is 42.8 Å². The molecule has 0 radical (unpaired) electrons. The predicted octanol–water partition coefficient (Wildman–Crippen LogP) is 2.77. The van der Waals surface area contributed by atoms with Crippen LogP contribution in [0.2, 0.25) is 4.34 Å². The molecule has 0 aliphatic carbocycles. The summed E-state index contributed by atoms with van der Waals surface area (Å²) in [5.74, 6) is -0.403. The van der Waals surface area contributed by atoms with Crippen LogP contribution in [-0.4, -0.2) is 67.6 Å². The van der Waals surface area contributed by atoms with E-state index in [4.69, 9.17) is 16.3 Å². The van der Waals surface area contributed by atoms with Crippen molar-refractivity contribution in [2.24, 2.45) is 0 Å². The van der Waals surface area contributed by atoms with E-state index in [0.717, 1.165) is 25.1 Å². The summed E-state index contributed by atoms with van der Waals surface area (Å²) in [4.78, 5) is 40.6. The summed E-state index contributed by atoms with van der Waals surface area (Å²) in [6.45, 7) is 5.41. The van der Waals surface area contributed by atoms with Gasteiger partial charge in [0.15, 0.2) is 0 Å².